The van der Waals surface area contributed by atoms with Crippen molar-refractivity contribution in [1.29, 1.82) is 0 Å². The van der Waals surface area contributed by atoms with E-state index in [1.54, 1.807) is 13.3 Å². The van der Waals surface area contributed by atoms with Crippen LogP contribution in [-0.4, -0.2) is 37.7 Å². The molecule has 0 unspecified atom stereocenters. The van der Waals surface area contributed by atoms with E-state index in [9.17, 15) is 0 Å². The molecule has 1 aromatic rings. The summed E-state index contributed by atoms with van der Waals surface area (Å²) in [5, 5.41) is 6.50. The fraction of sp³-hybridized carbons (Fsp3) is 0.571. The van der Waals surface area contributed by atoms with Gasteiger partial charge in [-0.1, -0.05) is 6.07 Å². The van der Waals surface area contributed by atoms with Gasteiger partial charge >= 0.3 is 0 Å². The lowest BCUT2D eigenvalue weighted by molar-refractivity contribution is 0.195. The molecule has 19 heavy (non-hydrogen) atoms. The van der Waals surface area contributed by atoms with Gasteiger partial charge in [0.05, 0.1) is 12.2 Å². The minimum Gasteiger partial charge on any atom is -0.385 e. The van der Waals surface area contributed by atoms with E-state index in [0.717, 1.165) is 37.8 Å². The maximum Gasteiger partial charge on any atom is 0.191 e. The first kappa shape index (κ1) is 15.4. The van der Waals surface area contributed by atoms with Crippen LogP contribution in [0.1, 0.15) is 24.6 Å². The van der Waals surface area contributed by atoms with E-state index in [1.807, 2.05) is 6.07 Å². The molecule has 106 valence electrons. The number of hydrogen-bond donors (Lipinski definition) is 2. The highest BCUT2D eigenvalue weighted by Crippen LogP contribution is 2.04. The van der Waals surface area contributed by atoms with E-state index >= 15 is 0 Å². The van der Waals surface area contributed by atoms with Gasteiger partial charge in [0.1, 0.15) is 0 Å². The molecule has 1 heterocycles. The summed E-state index contributed by atoms with van der Waals surface area (Å²) >= 11 is 0. The van der Waals surface area contributed by atoms with Crippen LogP contribution in [-0.2, 0) is 11.3 Å². The Labute approximate surface area is 115 Å². The highest BCUT2D eigenvalue weighted by Gasteiger charge is 2.00. The van der Waals surface area contributed by atoms with Crippen molar-refractivity contribution in [3.8, 4) is 0 Å². The number of hydrogen-bond acceptors (Lipinski definition) is 3. The lowest BCUT2D eigenvalue weighted by atomic mass is 10.2. The maximum atomic E-state index is 5.02. The molecule has 0 radical (unpaired) electrons. The Morgan fingerprint density at radius 2 is 2.26 bits per heavy atom. The van der Waals surface area contributed by atoms with Crippen LogP contribution in [0.3, 0.4) is 0 Å². The molecule has 0 atom stereocenters. The van der Waals surface area contributed by atoms with E-state index in [1.165, 1.54) is 5.56 Å². The monoisotopic (exact) mass is 264 g/mol. The van der Waals surface area contributed by atoms with Crippen LogP contribution in [0.25, 0.3) is 0 Å². The molecule has 0 aromatic carbocycles. The predicted molar refractivity (Wildman–Crippen MR) is 78.3 cm³/mol. The van der Waals surface area contributed by atoms with Gasteiger partial charge in [-0.3, -0.25) is 4.98 Å². The van der Waals surface area contributed by atoms with Crippen molar-refractivity contribution in [2.75, 3.05) is 26.8 Å². The van der Waals surface area contributed by atoms with Crippen LogP contribution in [0.4, 0.5) is 0 Å². The number of pyridine rings is 1. The molecule has 1 rings (SSSR count). The number of aliphatic imine (C=N–C) groups is 1. The van der Waals surface area contributed by atoms with Crippen molar-refractivity contribution in [3.63, 3.8) is 0 Å². The zero-order valence-corrected chi connectivity index (χ0v) is 12.1. The summed E-state index contributed by atoms with van der Waals surface area (Å²) < 4.78 is 5.02. The predicted octanol–water partition coefficient (Wildman–Crippen LogP) is 1.48. The molecule has 0 spiro atoms. The third kappa shape index (κ3) is 6.20. The third-order valence-corrected chi connectivity index (χ3v) is 2.67. The standard InChI is InChI=1S/C14H24N4O/c1-4-15-14(17-9-6-10-19-3)18-11-13-12(2)7-5-8-16-13/h5,7-8H,4,6,9-11H2,1-3H3,(H2,15,17,18). The minimum atomic E-state index is 0.590. The summed E-state index contributed by atoms with van der Waals surface area (Å²) in [5.41, 5.74) is 2.18. The minimum absolute atomic E-state index is 0.590. The fourth-order valence-corrected chi connectivity index (χ4v) is 1.60. The molecule has 0 fully saturated rings. The Morgan fingerprint density at radius 3 is 2.95 bits per heavy atom. The molecule has 5 nitrogen and oxygen atoms in total. The van der Waals surface area contributed by atoms with Gasteiger partial charge < -0.3 is 15.4 Å². The van der Waals surface area contributed by atoms with Crippen molar-refractivity contribution in [3.05, 3.63) is 29.6 Å². The first-order valence-electron chi connectivity index (χ1n) is 6.69. The van der Waals surface area contributed by atoms with Crippen molar-refractivity contribution in [2.24, 2.45) is 4.99 Å². The molecule has 0 aliphatic carbocycles. The molecule has 0 saturated heterocycles. The number of guanidine groups is 1. The van der Waals surface area contributed by atoms with E-state index < -0.39 is 0 Å². The van der Waals surface area contributed by atoms with E-state index in [-0.39, 0.29) is 0 Å². The van der Waals surface area contributed by atoms with Gasteiger partial charge in [-0.05, 0) is 31.9 Å². The zero-order valence-electron chi connectivity index (χ0n) is 12.1. The lowest BCUT2D eigenvalue weighted by Gasteiger charge is -2.11. The Morgan fingerprint density at radius 1 is 1.42 bits per heavy atom. The van der Waals surface area contributed by atoms with Gasteiger partial charge in [0, 0.05) is 33.0 Å². The number of rotatable bonds is 7. The number of aryl methyl sites for hydroxylation is 1. The normalized spacial score (nSPS) is 11.4. The van der Waals surface area contributed by atoms with E-state index in [2.05, 4.69) is 40.5 Å². The molecule has 0 aliphatic heterocycles. The molecular weight excluding hydrogens is 240 g/mol. The highest BCUT2D eigenvalue weighted by atomic mass is 16.5. The first-order valence-corrected chi connectivity index (χ1v) is 6.69. The number of aromatic nitrogens is 1. The summed E-state index contributed by atoms with van der Waals surface area (Å²) in [5.74, 6) is 0.823. The van der Waals surface area contributed by atoms with Crippen molar-refractivity contribution in [2.45, 2.75) is 26.8 Å². The van der Waals surface area contributed by atoms with Crippen LogP contribution >= 0.6 is 0 Å². The summed E-state index contributed by atoms with van der Waals surface area (Å²) in [7, 11) is 1.71. The van der Waals surface area contributed by atoms with Crippen LogP contribution < -0.4 is 10.6 Å². The lowest BCUT2D eigenvalue weighted by Crippen LogP contribution is -2.38. The van der Waals surface area contributed by atoms with E-state index in [0.29, 0.717) is 6.54 Å². The SMILES string of the molecule is CCNC(=NCc1ncccc1C)NCCCOC. The Balaban J connectivity index is 2.50. The third-order valence-electron chi connectivity index (χ3n) is 2.67. The number of nitrogens with zero attached hydrogens (tertiary/aromatic N) is 2. The Kier molecular flexibility index (Phi) is 7.58. The zero-order chi connectivity index (χ0) is 13.9. The molecule has 1 aromatic heterocycles. The average molecular weight is 264 g/mol. The van der Waals surface area contributed by atoms with Gasteiger partial charge in [-0.2, -0.15) is 0 Å². The molecule has 0 amide bonds. The highest BCUT2D eigenvalue weighted by molar-refractivity contribution is 5.79. The second kappa shape index (κ2) is 9.33. The largest absolute Gasteiger partial charge is 0.385 e. The number of nitrogens with one attached hydrogen (secondary N) is 2. The van der Waals surface area contributed by atoms with E-state index in [4.69, 9.17) is 4.74 Å². The molecule has 0 saturated carbocycles. The molecule has 2 N–H and O–H groups in total. The van der Waals surface area contributed by atoms with Crippen LogP contribution in [0, 0.1) is 6.92 Å². The fourth-order valence-electron chi connectivity index (χ4n) is 1.60. The summed E-state index contributed by atoms with van der Waals surface area (Å²) in [4.78, 5) is 8.87. The summed E-state index contributed by atoms with van der Waals surface area (Å²) in [6.45, 7) is 7.14. The smallest absolute Gasteiger partial charge is 0.191 e. The first-order chi connectivity index (χ1) is 9.27. The second-order valence-electron chi connectivity index (χ2n) is 4.24. The molecule has 0 bridgehead atoms. The van der Waals surface area contributed by atoms with Crippen molar-refractivity contribution >= 4 is 5.96 Å². The van der Waals surface area contributed by atoms with Crippen LogP contribution in [0.15, 0.2) is 23.3 Å². The van der Waals surface area contributed by atoms with Gasteiger partial charge in [-0.25, -0.2) is 4.99 Å². The van der Waals surface area contributed by atoms with Crippen molar-refractivity contribution in [1.82, 2.24) is 15.6 Å². The molecular formula is C14H24N4O. The summed E-state index contributed by atoms with van der Waals surface area (Å²) in [6.07, 6.45) is 2.76. The average Bonchev–Trinajstić information content (AvgIpc) is 2.42. The topological polar surface area (TPSA) is 58.5 Å². The van der Waals surface area contributed by atoms with Crippen molar-refractivity contribution < 1.29 is 4.74 Å². The van der Waals surface area contributed by atoms with Gasteiger partial charge in [0.2, 0.25) is 0 Å². The molecule has 5 heteroatoms. The second-order valence-corrected chi connectivity index (χ2v) is 4.24. The number of methoxy groups -OCH3 is 1. The summed E-state index contributed by atoms with van der Waals surface area (Å²) in [6, 6.07) is 3.99. The van der Waals surface area contributed by atoms with Gasteiger partial charge in [-0.15, -0.1) is 0 Å². The Bertz CT molecular complexity index is 393. The van der Waals surface area contributed by atoms with Crippen LogP contribution in [0.5, 0.6) is 0 Å². The number of ether oxygens (including phenoxy) is 1. The Hall–Kier alpha value is -1.62. The maximum absolute atomic E-state index is 5.02. The van der Waals surface area contributed by atoms with Crippen LogP contribution in [0.2, 0.25) is 0 Å². The van der Waals surface area contributed by atoms with Gasteiger partial charge in [0.25, 0.3) is 0 Å². The van der Waals surface area contributed by atoms with Gasteiger partial charge in [0.15, 0.2) is 5.96 Å². The quantitative estimate of drug-likeness (QED) is 0.445. The molecule has 0 aliphatic rings.